The fourth-order valence-corrected chi connectivity index (χ4v) is 3.60. The number of hydrogen-bond donors (Lipinski definition) is 2. The van der Waals surface area contributed by atoms with Crippen LogP contribution in [0, 0.1) is 0 Å². The summed E-state index contributed by atoms with van der Waals surface area (Å²) in [5.74, 6) is 0.593. The summed E-state index contributed by atoms with van der Waals surface area (Å²) in [5, 5.41) is 7.85. The van der Waals surface area contributed by atoms with E-state index in [0.29, 0.717) is 51.1 Å². The molecule has 0 fully saturated rings. The number of carbonyl (C=O) groups excluding carboxylic acids is 1. The van der Waals surface area contributed by atoms with Crippen molar-refractivity contribution in [2.24, 2.45) is 0 Å². The largest absolute Gasteiger partial charge is 0.493 e. The predicted molar refractivity (Wildman–Crippen MR) is 131 cm³/mol. The number of hydrogen-bond acceptors (Lipinski definition) is 6. The Morgan fingerprint density at radius 3 is 2.91 bits per heavy atom. The van der Waals surface area contributed by atoms with Gasteiger partial charge in [0.2, 0.25) is 5.91 Å². The van der Waals surface area contributed by atoms with E-state index >= 15 is 0 Å². The van der Waals surface area contributed by atoms with E-state index in [1.54, 1.807) is 42.5 Å². The molecule has 0 bridgehead atoms. The van der Waals surface area contributed by atoms with Crippen molar-refractivity contribution in [1.29, 1.82) is 0 Å². The van der Waals surface area contributed by atoms with Gasteiger partial charge in [0.05, 0.1) is 42.6 Å². The van der Waals surface area contributed by atoms with Crippen molar-refractivity contribution in [3.8, 4) is 17.2 Å². The van der Waals surface area contributed by atoms with Crippen LogP contribution >= 0.6 is 11.6 Å². The molecule has 0 atom stereocenters. The molecule has 0 radical (unpaired) electrons. The number of nitrogens with zero attached hydrogens (tertiary/aromatic N) is 3. The second-order valence-electron chi connectivity index (χ2n) is 7.25. The Bertz CT molecular complexity index is 1430. The first-order chi connectivity index (χ1) is 16.5. The van der Waals surface area contributed by atoms with Crippen molar-refractivity contribution >= 4 is 40.3 Å². The minimum Gasteiger partial charge on any atom is -0.493 e. The smallest absolute Gasteiger partial charge is 0.261 e. The van der Waals surface area contributed by atoms with Crippen molar-refractivity contribution in [2.45, 2.75) is 13.3 Å². The van der Waals surface area contributed by atoms with Crippen LogP contribution in [0.25, 0.3) is 22.8 Å². The number of H-pyrrole nitrogens is 1. The quantitative estimate of drug-likeness (QED) is 0.366. The summed E-state index contributed by atoms with van der Waals surface area (Å²) in [6, 6.07) is 10.5. The topological polar surface area (TPSA) is 111 Å². The van der Waals surface area contributed by atoms with E-state index in [-0.39, 0.29) is 11.5 Å². The Morgan fingerprint density at radius 1 is 1.29 bits per heavy atom. The molecule has 0 aliphatic rings. The molecule has 4 rings (SSSR count). The maximum Gasteiger partial charge on any atom is 0.261 e. The first-order valence-corrected chi connectivity index (χ1v) is 10.9. The molecule has 174 valence electrons. The molecule has 0 unspecified atom stereocenters. The zero-order valence-electron chi connectivity index (χ0n) is 18.5. The average molecular weight is 480 g/mol. The molecule has 2 N–H and O–H groups in total. The summed E-state index contributed by atoms with van der Waals surface area (Å²) in [5.41, 5.74) is 1.84. The molecule has 0 spiro atoms. The SMILES string of the molecule is CCCOc1c(Cl)cc(/C=C/C(=O)Nc2ccccc2-n2ncc3c(=O)[nH]cnc32)cc1OC. The van der Waals surface area contributed by atoms with Gasteiger partial charge in [-0.15, -0.1) is 0 Å². The predicted octanol–water partition coefficient (Wildman–Crippen LogP) is 4.21. The molecule has 2 aromatic carbocycles. The Hall–Kier alpha value is -4.11. The van der Waals surface area contributed by atoms with Gasteiger partial charge in [-0.1, -0.05) is 30.7 Å². The van der Waals surface area contributed by atoms with Crippen LogP contribution in [0.15, 0.2) is 59.8 Å². The van der Waals surface area contributed by atoms with E-state index in [9.17, 15) is 9.59 Å². The molecule has 10 heteroatoms. The van der Waals surface area contributed by atoms with Gasteiger partial charge >= 0.3 is 0 Å². The summed E-state index contributed by atoms with van der Waals surface area (Å²) in [6.45, 7) is 2.52. The Balaban J connectivity index is 1.57. The standard InChI is InChI=1S/C24H22ClN5O4/c1-3-10-34-22-17(25)11-15(12-20(22)33-2)8-9-21(31)29-18-6-4-5-7-19(18)30-23-16(13-28-30)24(32)27-14-26-23/h4-9,11-14H,3,10H2,1-2H3,(H,29,31)(H,26,27,32)/b9-8+. The summed E-state index contributed by atoms with van der Waals surface area (Å²) in [6.07, 6.45) is 6.60. The van der Waals surface area contributed by atoms with Gasteiger partial charge in [0.15, 0.2) is 17.1 Å². The lowest BCUT2D eigenvalue weighted by molar-refractivity contribution is -0.111. The highest BCUT2D eigenvalue weighted by molar-refractivity contribution is 6.32. The van der Waals surface area contributed by atoms with Crippen molar-refractivity contribution in [1.82, 2.24) is 19.7 Å². The van der Waals surface area contributed by atoms with Crippen LogP contribution in [-0.2, 0) is 4.79 Å². The fraction of sp³-hybridized carbons (Fsp3) is 0.167. The van der Waals surface area contributed by atoms with E-state index in [0.717, 1.165) is 6.42 Å². The maximum absolute atomic E-state index is 12.7. The van der Waals surface area contributed by atoms with Gasteiger partial charge < -0.3 is 19.8 Å². The lowest BCUT2D eigenvalue weighted by Gasteiger charge is -2.13. The van der Waals surface area contributed by atoms with Crippen LogP contribution in [0.5, 0.6) is 11.5 Å². The molecule has 9 nitrogen and oxygen atoms in total. The van der Waals surface area contributed by atoms with E-state index in [4.69, 9.17) is 21.1 Å². The van der Waals surface area contributed by atoms with E-state index in [1.165, 1.54) is 30.4 Å². The lowest BCUT2D eigenvalue weighted by atomic mass is 10.2. The number of carbonyl (C=O) groups is 1. The number of benzene rings is 2. The second kappa shape index (κ2) is 10.2. The third kappa shape index (κ3) is 4.79. The van der Waals surface area contributed by atoms with Gasteiger partial charge in [-0.25, -0.2) is 9.67 Å². The molecule has 0 aliphatic carbocycles. The fourth-order valence-electron chi connectivity index (χ4n) is 3.32. The number of amides is 1. The van der Waals surface area contributed by atoms with E-state index in [1.807, 2.05) is 6.92 Å². The number of nitrogens with one attached hydrogen (secondary N) is 2. The van der Waals surface area contributed by atoms with Gasteiger partial charge in [-0.2, -0.15) is 5.10 Å². The number of methoxy groups -OCH3 is 1. The zero-order chi connectivity index (χ0) is 24.1. The first-order valence-electron chi connectivity index (χ1n) is 10.5. The second-order valence-corrected chi connectivity index (χ2v) is 7.65. The zero-order valence-corrected chi connectivity index (χ0v) is 19.3. The van der Waals surface area contributed by atoms with Crippen molar-refractivity contribution in [2.75, 3.05) is 19.0 Å². The molecule has 2 aromatic heterocycles. The van der Waals surface area contributed by atoms with Crippen LogP contribution in [0.3, 0.4) is 0 Å². The normalized spacial score (nSPS) is 11.1. The highest BCUT2D eigenvalue weighted by atomic mass is 35.5. The molecular formula is C24H22ClN5O4. The number of ether oxygens (including phenoxy) is 2. The molecule has 0 saturated heterocycles. The number of aromatic nitrogens is 4. The molecule has 4 aromatic rings. The van der Waals surface area contributed by atoms with Crippen LogP contribution in [0.1, 0.15) is 18.9 Å². The van der Waals surface area contributed by atoms with Crippen molar-refractivity contribution in [3.05, 3.63) is 75.9 Å². The summed E-state index contributed by atoms with van der Waals surface area (Å²) in [4.78, 5) is 31.4. The van der Waals surface area contributed by atoms with Gasteiger partial charge in [0.25, 0.3) is 5.56 Å². The maximum atomic E-state index is 12.7. The molecule has 34 heavy (non-hydrogen) atoms. The molecule has 1 amide bonds. The van der Waals surface area contributed by atoms with Crippen LogP contribution in [0.4, 0.5) is 5.69 Å². The summed E-state index contributed by atoms with van der Waals surface area (Å²) < 4.78 is 12.5. The monoisotopic (exact) mass is 479 g/mol. The van der Waals surface area contributed by atoms with Crippen LogP contribution in [-0.4, -0.2) is 39.4 Å². The van der Waals surface area contributed by atoms with E-state index < -0.39 is 0 Å². The van der Waals surface area contributed by atoms with E-state index in [2.05, 4.69) is 20.4 Å². The molecular weight excluding hydrogens is 458 g/mol. The number of rotatable bonds is 8. The average Bonchev–Trinajstić information content (AvgIpc) is 3.27. The number of fused-ring (bicyclic) bond motifs is 1. The van der Waals surface area contributed by atoms with Crippen molar-refractivity contribution < 1.29 is 14.3 Å². The van der Waals surface area contributed by atoms with Gasteiger partial charge in [0, 0.05) is 6.08 Å². The number of para-hydroxylation sites is 2. The summed E-state index contributed by atoms with van der Waals surface area (Å²) >= 11 is 6.35. The van der Waals surface area contributed by atoms with Gasteiger partial charge in [-0.3, -0.25) is 9.59 Å². The minimum atomic E-state index is -0.365. The Morgan fingerprint density at radius 2 is 2.12 bits per heavy atom. The van der Waals surface area contributed by atoms with Crippen LogP contribution in [0.2, 0.25) is 5.02 Å². The third-order valence-electron chi connectivity index (χ3n) is 4.89. The van der Waals surface area contributed by atoms with Gasteiger partial charge in [-0.05, 0) is 42.3 Å². The Labute approximate surface area is 200 Å². The molecule has 0 saturated carbocycles. The number of aromatic amines is 1. The number of anilines is 1. The minimum absolute atomic E-state index is 0.291. The third-order valence-corrected chi connectivity index (χ3v) is 5.17. The highest BCUT2D eigenvalue weighted by Gasteiger charge is 2.14. The molecule has 0 aliphatic heterocycles. The van der Waals surface area contributed by atoms with Crippen LogP contribution < -0.4 is 20.3 Å². The van der Waals surface area contributed by atoms with Gasteiger partial charge in [0.1, 0.15) is 5.39 Å². The molecule has 2 heterocycles. The first kappa shape index (κ1) is 23.1. The summed E-state index contributed by atoms with van der Waals surface area (Å²) in [7, 11) is 1.53. The Kier molecular flexibility index (Phi) is 6.93. The number of halogens is 1. The highest BCUT2D eigenvalue weighted by Crippen LogP contribution is 2.37. The lowest BCUT2D eigenvalue weighted by Crippen LogP contribution is -2.12. The van der Waals surface area contributed by atoms with Crippen molar-refractivity contribution in [3.63, 3.8) is 0 Å².